The van der Waals surface area contributed by atoms with Gasteiger partial charge in [0.1, 0.15) is 6.04 Å². The fourth-order valence-corrected chi connectivity index (χ4v) is 2.05. The van der Waals surface area contributed by atoms with Crippen LogP contribution >= 0.6 is 0 Å². The molecular weight excluding hydrogens is 214 g/mol. The third-order valence-corrected chi connectivity index (χ3v) is 2.79. The second-order valence-electron chi connectivity index (χ2n) is 3.77. The van der Waals surface area contributed by atoms with Crippen LogP contribution in [0, 0.1) is 5.92 Å². The first-order valence-electron chi connectivity index (χ1n) is 5.07. The highest BCUT2D eigenvalue weighted by Crippen LogP contribution is 2.25. The number of carbonyl (C=O) groups excluding carboxylic acids is 2. The second kappa shape index (κ2) is 4.96. The highest BCUT2D eigenvalue weighted by atomic mass is 16.5. The quantitative estimate of drug-likeness (QED) is 0.667. The number of likely N-dealkylation sites (tertiary alicyclic amines) is 1. The van der Waals surface area contributed by atoms with E-state index in [1.54, 1.807) is 0 Å². The molecule has 0 aromatic heterocycles. The summed E-state index contributed by atoms with van der Waals surface area (Å²) in [6.07, 6.45) is 1.05. The van der Waals surface area contributed by atoms with E-state index < -0.39 is 23.9 Å². The van der Waals surface area contributed by atoms with Gasteiger partial charge in [-0.25, -0.2) is 4.79 Å². The number of carbonyl (C=O) groups is 3. The molecule has 1 aliphatic rings. The standard InChI is InChI=1S/C10H15NO5/c1-6(12)11-5-3-4-7(10(15)16-2)8(11)9(13)14/h7-8H,3-5H2,1-2H3,(H,13,14)/t7-,8+/m1/s1. The zero-order valence-electron chi connectivity index (χ0n) is 9.30. The fourth-order valence-electron chi connectivity index (χ4n) is 2.05. The van der Waals surface area contributed by atoms with Gasteiger partial charge in [0, 0.05) is 13.5 Å². The van der Waals surface area contributed by atoms with E-state index in [1.165, 1.54) is 18.9 Å². The Morgan fingerprint density at radius 2 is 2.00 bits per heavy atom. The third-order valence-electron chi connectivity index (χ3n) is 2.79. The van der Waals surface area contributed by atoms with Crippen molar-refractivity contribution in [2.75, 3.05) is 13.7 Å². The molecule has 6 heteroatoms. The van der Waals surface area contributed by atoms with Gasteiger partial charge >= 0.3 is 11.9 Å². The highest BCUT2D eigenvalue weighted by Gasteiger charge is 2.42. The largest absolute Gasteiger partial charge is 0.480 e. The summed E-state index contributed by atoms with van der Waals surface area (Å²) in [5, 5.41) is 9.07. The summed E-state index contributed by atoms with van der Waals surface area (Å²) in [6, 6.07) is -1.10. The Balaban J connectivity index is 2.95. The van der Waals surface area contributed by atoms with E-state index in [0.717, 1.165) is 0 Å². The lowest BCUT2D eigenvalue weighted by Gasteiger charge is -2.36. The van der Waals surface area contributed by atoms with E-state index in [2.05, 4.69) is 4.74 Å². The maximum absolute atomic E-state index is 11.4. The lowest BCUT2D eigenvalue weighted by atomic mass is 9.89. The maximum atomic E-state index is 11.4. The minimum atomic E-state index is -1.16. The Hall–Kier alpha value is -1.59. The van der Waals surface area contributed by atoms with Gasteiger partial charge in [-0.15, -0.1) is 0 Å². The average Bonchev–Trinajstić information content (AvgIpc) is 2.26. The zero-order chi connectivity index (χ0) is 12.3. The molecule has 2 atom stereocenters. The molecule has 0 aliphatic carbocycles. The van der Waals surface area contributed by atoms with Crippen molar-refractivity contribution in [3.8, 4) is 0 Å². The number of methoxy groups -OCH3 is 1. The smallest absolute Gasteiger partial charge is 0.327 e. The van der Waals surface area contributed by atoms with Crippen LogP contribution in [0.3, 0.4) is 0 Å². The van der Waals surface area contributed by atoms with Gasteiger partial charge in [-0.3, -0.25) is 9.59 Å². The molecule has 0 bridgehead atoms. The maximum Gasteiger partial charge on any atom is 0.327 e. The van der Waals surface area contributed by atoms with E-state index in [9.17, 15) is 14.4 Å². The van der Waals surface area contributed by atoms with Gasteiger partial charge in [0.15, 0.2) is 0 Å². The molecule has 16 heavy (non-hydrogen) atoms. The van der Waals surface area contributed by atoms with Crippen LogP contribution in [-0.4, -0.2) is 47.5 Å². The molecule has 6 nitrogen and oxygen atoms in total. The monoisotopic (exact) mass is 229 g/mol. The number of esters is 1. The van der Waals surface area contributed by atoms with E-state index in [-0.39, 0.29) is 5.91 Å². The van der Waals surface area contributed by atoms with Crippen LogP contribution in [0.2, 0.25) is 0 Å². The minimum Gasteiger partial charge on any atom is -0.480 e. The van der Waals surface area contributed by atoms with Crippen LogP contribution in [0.4, 0.5) is 0 Å². The van der Waals surface area contributed by atoms with Gasteiger partial charge < -0.3 is 14.7 Å². The summed E-state index contributed by atoms with van der Waals surface area (Å²) in [6.45, 7) is 1.68. The number of piperidine rings is 1. The number of amides is 1. The van der Waals surface area contributed by atoms with Crippen molar-refractivity contribution in [3.63, 3.8) is 0 Å². The summed E-state index contributed by atoms with van der Waals surface area (Å²) in [4.78, 5) is 35.0. The number of carboxylic acids is 1. The molecule has 1 N–H and O–H groups in total. The predicted molar refractivity (Wildman–Crippen MR) is 53.6 cm³/mol. The van der Waals surface area contributed by atoms with Gasteiger partial charge in [0.05, 0.1) is 13.0 Å². The van der Waals surface area contributed by atoms with E-state index in [4.69, 9.17) is 5.11 Å². The number of ether oxygens (including phenoxy) is 1. The van der Waals surface area contributed by atoms with E-state index >= 15 is 0 Å². The number of hydrogen-bond acceptors (Lipinski definition) is 4. The van der Waals surface area contributed by atoms with Crippen LogP contribution in [0.15, 0.2) is 0 Å². The molecule has 90 valence electrons. The van der Waals surface area contributed by atoms with Crippen LogP contribution in [0.1, 0.15) is 19.8 Å². The molecule has 0 aromatic carbocycles. The number of aliphatic carboxylic acids is 1. The normalized spacial score (nSPS) is 25.0. The molecular formula is C10H15NO5. The van der Waals surface area contributed by atoms with E-state index in [0.29, 0.717) is 19.4 Å². The summed E-state index contributed by atoms with van der Waals surface area (Å²) < 4.78 is 4.56. The Kier molecular flexibility index (Phi) is 3.87. The van der Waals surface area contributed by atoms with Crippen molar-refractivity contribution >= 4 is 17.8 Å². The minimum absolute atomic E-state index is 0.332. The van der Waals surface area contributed by atoms with Crippen molar-refractivity contribution in [1.82, 2.24) is 4.90 Å². The first-order chi connectivity index (χ1) is 7.49. The summed E-state index contributed by atoms with van der Waals surface area (Å²) in [7, 11) is 1.22. The Bertz CT molecular complexity index is 314. The molecule has 1 aliphatic heterocycles. The van der Waals surface area contributed by atoms with Gasteiger partial charge in [-0.05, 0) is 12.8 Å². The van der Waals surface area contributed by atoms with Crippen molar-refractivity contribution in [1.29, 1.82) is 0 Å². The third kappa shape index (κ3) is 2.32. The van der Waals surface area contributed by atoms with Crippen molar-refractivity contribution in [2.45, 2.75) is 25.8 Å². The summed E-state index contributed by atoms with van der Waals surface area (Å²) in [5.41, 5.74) is 0. The molecule has 1 rings (SSSR count). The summed E-state index contributed by atoms with van der Waals surface area (Å²) >= 11 is 0. The molecule has 1 saturated heterocycles. The number of nitrogens with zero attached hydrogens (tertiary/aromatic N) is 1. The lowest BCUT2D eigenvalue weighted by molar-refractivity contribution is -0.163. The lowest BCUT2D eigenvalue weighted by Crippen LogP contribution is -2.54. The molecule has 0 saturated carbocycles. The molecule has 1 fully saturated rings. The number of carboxylic acid groups (broad SMARTS) is 1. The van der Waals surface area contributed by atoms with Gasteiger partial charge in [-0.2, -0.15) is 0 Å². The second-order valence-corrected chi connectivity index (χ2v) is 3.77. The van der Waals surface area contributed by atoms with Gasteiger partial charge in [0.25, 0.3) is 0 Å². The SMILES string of the molecule is COC(=O)[C@@H]1CCCN(C(C)=O)[C@@H]1C(=O)O. The van der Waals surface area contributed by atoms with E-state index in [1.807, 2.05) is 0 Å². The Morgan fingerprint density at radius 1 is 1.38 bits per heavy atom. The number of rotatable bonds is 2. The van der Waals surface area contributed by atoms with Crippen molar-refractivity contribution in [3.05, 3.63) is 0 Å². The fraction of sp³-hybridized carbons (Fsp3) is 0.700. The Morgan fingerprint density at radius 3 is 2.44 bits per heavy atom. The first kappa shape index (κ1) is 12.5. The molecule has 1 heterocycles. The molecule has 0 radical (unpaired) electrons. The zero-order valence-corrected chi connectivity index (χ0v) is 9.30. The van der Waals surface area contributed by atoms with Crippen LogP contribution in [-0.2, 0) is 19.1 Å². The van der Waals surface area contributed by atoms with Crippen LogP contribution < -0.4 is 0 Å². The molecule has 0 spiro atoms. The van der Waals surface area contributed by atoms with Crippen LogP contribution in [0.25, 0.3) is 0 Å². The van der Waals surface area contributed by atoms with Crippen molar-refractivity contribution in [2.24, 2.45) is 5.92 Å². The molecule has 1 amide bonds. The predicted octanol–water partition coefficient (Wildman–Crippen LogP) is -0.129. The average molecular weight is 229 g/mol. The van der Waals surface area contributed by atoms with Gasteiger partial charge in [-0.1, -0.05) is 0 Å². The Labute approximate surface area is 93.2 Å². The highest BCUT2D eigenvalue weighted by molar-refractivity contribution is 5.88. The summed E-state index contributed by atoms with van der Waals surface area (Å²) in [5.74, 6) is -2.83. The molecule has 0 aromatic rings. The van der Waals surface area contributed by atoms with Gasteiger partial charge in [0.2, 0.25) is 5.91 Å². The topological polar surface area (TPSA) is 83.9 Å². The van der Waals surface area contributed by atoms with Crippen molar-refractivity contribution < 1.29 is 24.2 Å². The first-order valence-corrected chi connectivity index (χ1v) is 5.07. The number of hydrogen-bond donors (Lipinski definition) is 1. The van der Waals surface area contributed by atoms with Crippen LogP contribution in [0.5, 0.6) is 0 Å². The molecule has 0 unspecified atom stereocenters.